The normalized spacial score (nSPS) is 11.0. The van der Waals surface area contributed by atoms with Crippen molar-refractivity contribution in [1.82, 2.24) is 9.80 Å². The molecule has 0 aliphatic carbocycles. The zero-order valence-electron chi connectivity index (χ0n) is 14.3. The second kappa shape index (κ2) is 8.35. The lowest BCUT2D eigenvalue weighted by atomic mass is 10.2. The topological polar surface area (TPSA) is 49.8 Å². The summed E-state index contributed by atoms with van der Waals surface area (Å²) in [5.74, 6) is 1.66. The van der Waals surface area contributed by atoms with E-state index >= 15 is 0 Å². The van der Waals surface area contributed by atoms with Crippen molar-refractivity contribution in [3.05, 3.63) is 84.2 Å². The third-order valence-corrected chi connectivity index (χ3v) is 3.97. The summed E-state index contributed by atoms with van der Waals surface area (Å²) in [6.45, 7) is 2.04. The lowest BCUT2D eigenvalue weighted by Gasteiger charge is -2.24. The van der Waals surface area contributed by atoms with E-state index in [0.717, 1.165) is 17.1 Å². The molecule has 0 aliphatic rings. The van der Waals surface area contributed by atoms with Crippen LogP contribution in [0.1, 0.15) is 17.1 Å². The second-order valence-electron chi connectivity index (χ2n) is 6.04. The molecule has 0 saturated carbocycles. The van der Waals surface area contributed by atoms with Crippen molar-refractivity contribution in [2.75, 3.05) is 13.6 Å². The summed E-state index contributed by atoms with van der Waals surface area (Å²) in [6.07, 6.45) is 3.27. The molecule has 1 aromatic carbocycles. The fourth-order valence-electron chi connectivity index (χ4n) is 2.67. The lowest BCUT2D eigenvalue weighted by Crippen LogP contribution is -2.37. The van der Waals surface area contributed by atoms with Crippen LogP contribution in [-0.4, -0.2) is 29.3 Å². The number of hydrogen-bond acceptors (Lipinski definition) is 4. The molecule has 0 bridgehead atoms. The highest BCUT2D eigenvalue weighted by molar-refractivity contribution is 5.77. The van der Waals surface area contributed by atoms with Gasteiger partial charge >= 0.3 is 0 Å². The number of furan rings is 2. The van der Waals surface area contributed by atoms with Crippen molar-refractivity contribution >= 4 is 5.91 Å². The largest absolute Gasteiger partial charge is 0.468 e. The predicted octanol–water partition coefficient (Wildman–Crippen LogP) is 3.53. The first-order valence-electron chi connectivity index (χ1n) is 8.26. The molecule has 0 N–H and O–H groups in total. The third-order valence-electron chi connectivity index (χ3n) is 3.97. The third kappa shape index (κ3) is 5.09. The number of amides is 1. The maximum atomic E-state index is 12.6. The van der Waals surface area contributed by atoms with Crippen molar-refractivity contribution in [2.45, 2.75) is 19.6 Å². The predicted molar refractivity (Wildman–Crippen MR) is 94.4 cm³/mol. The van der Waals surface area contributed by atoms with Gasteiger partial charge in [0.1, 0.15) is 11.5 Å². The van der Waals surface area contributed by atoms with E-state index in [0.29, 0.717) is 26.2 Å². The van der Waals surface area contributed by atoms with E-state index in [1.165, 1.54) is 0 Å². The van der Waals surface area contributed by atoms with E-state index in [4.69, 9.17) is 8.83 Å². The summed E-state index contributed by atoms with van der Waals surface area (Å²) in [4.78, 5) is 16.4. The van der Waals surface area contributed by atoms with Crippen molar-refractivity contribution in [3.63, 3.8) is 0 Å². The van der Waals surface area contributed by atoms with Gasteiger partial charge in [-0.05, 0) is 29.8 Å². The Morgan fingerprint density at radius 3 is 2.08 bits per heavy atom. The minimum atomic E-state index is 0.0406. The Labute approximate surface area is 147 Å². The number of carbonyl (C=O) groups is 1. The van der Waals surface area contributed by atoms with Crippen LogP contribution in [0.4, 0.5) is 0 Å². The zero-order chi connectivity index (χ0) is 17.5. The van der Waals surface area contributed by atoms with Crippen LogP contribution in [0.2, 0.25) is 0 Å². The Hall–Kier alpha value is -2.79. The van der Waals surface area contributed by atoms with Crippen LogP contribution in [0.15, 0.2) is 76.0 Å². The van der Waals surface area contributed by atoms with Gasteiger partial charge in [-0.3, -0.25) is 9.69 Å². The van der Waals surface area contributed by atoms with Gasteiger partial charge in [-0.1, -0.05) is 30.3 Å². The second-order valence-corrected chi connectivity index (χ2v) is 6.04. The van der Waals surface area contributed by atoms with Crippen molar-refractivity contribution in [2.24, 2.45) is 0 Å². The smallest absolute Gasteiger partial charge is 0.236 e. The summed E-state index contributed by atoms with van der Waals surface area (Å²) in [7, 11) is 1.79. The van der Waals surface area contributed by atoms with Gasteiger partial charge in [-0.15, -0.1) is 0 Å². The molecule has 0 fully saturated rings. The monoisotopic (exact) mass is 338 g/mol. The SMILES string of the molecule is CN(Cc1ccco1)C(=O)CN(Cc1ccccc1)Cc1ccco1. The van der Waals surface area contributed by atoms with Crippen LogP contribution in [0, 0.1) is 0 Å². The molecule has 5 heteroatoms. The first kappa shape index (κ1) is 17.0. The molecule has 2 heterocycles. The molecule has 3 rings (SSSR count). The highest BCUT2D eigenvalue weighted by atomic mass is 16.3. The molecule has 0 saturated heterocycles. The standard InChI is InChI=1S/C20H22N2O3/c1-21(14-18-9-5-11-24-18)20(23)16-22(15-19-10-6-12-25-19)13-17-7-3-2-4-8-17/h2-12H,13-16H2,1H3. The number of rotatable bonds is 8. The highest BCUT2D eigenvalue weighted by Crippen LogP contribution is 2.12. The van der Waals surface area contributed by atoms with Crippen LogP contribution in [0.5, 0.6) is 0 Å². The van der Waals surface area contributed by atoms with Gasteiger partial charge < -0.3 is 13.7 Å². The molecule has 1 amide bonds. The summed E-state index contributed by atoms with van der Waals surface area (Å²) in [6, 6.07) is 17.6. The number of benzene rings is 1. The van der Waals surface area contributed by atoms with Gasteiger partial charge in [-0.2, -0.15) is 0 Å². The molecule has 5 nitrogen and oxygen atoms in total. The maximum absolute atomic E-state index is 12.6. The molecule has 0 unspecified atom stereocenters. The van der Waals surface area contributed by atoms with E-state index in [9.17, 15) is 4.79 Å². The maximum Gasteiger partial charge on any atom is 0.236 e. The average molecular weight is 338 g/mol. The van der Waals surface area contributed by atoms with E-state index < -0.39 is 0 Å². The average Bonchev–Trinajstić information content (AvgIpc) is 3.29. The number of likely N-dealkylation sites (N-methyl/N-ethyl adjacent to an activating group) is 1. The number of carbonyl (C=O) groups excluding carboxylic acids is 1. The molecule has 2 aromatic heterocycles. The van der Waals surface area contributed by atoms with E-state index in [1.54, 1.807) is 24.5 Å². The highest BCUT2D eigenvalue weighted by Gasteiger charge is 2.17. The van der Waals surface area contributed by atoms with Gasteiger partial charge in [0.2, 0.25) is 5.91 Å². The lowest BCUT2D eigenvalue weighted by molar-refractivity contribution is -0.132. The van der Waals surface area contributed by atoms with Crippen LogP contribution < -0.4 is 0 Å². The van der Waals surface area contributed by atoms with Gasteiger partial charge in [0.25, 0.3) is 0 Å². The summed E-state index contributed by atoms with van der Waals surface area (Å²) < 4.78 is 10.8. The summed E-state index contributed by atoms with van der Waals surface area (Å²) in [5, 5.41) is 0. The number of nitrogens with zero attached hydrogens (tertiary/aromatic N) is 2. The first-order chi connectivity index (χ1) is 12.2. The van der Waals surface area contributed by atoms with Crippen LogP contribution in [-0.2, 0) is 24.4 Å². The molecule has 25 heavy (non-hydrogen) atoms. The van der Waals surface area contributed by atoms with Crippen LogP contribution in [0.25, 0.3) is 0 Å². The summed E-state index contributed by atoms with van der Waals surface area (Å²) in [5.41, 5.74) is 1.16. The van der Waals surface area contributed by atoms with Crippen molar-refractivity contribution < 1.29 is 13.6 Å². The fourth-order valence-corrected chi connectivity index (χ4v) is 2.67. The Morgan fingerprint density at radius 2 is 1.48 bits per heavy atom. The molecule has 0 radical (unpaired) electrons. The molecule has 0 atom stereocenters. The Bertz CT molecular complexity index is 752. The number of hydrogen-bond donors (Lipinski definition) is 0. The van der Waals surface area contributed by atoms with E-state index in [-0.39, 0.29) is 5.91 Å². The molecule has 0 aliphatic heterocycles. The van der Waals surface area contributed by atoms with E-state index in [1.807, 2.05) is 42.5 Å². The molecule has 130 valence electrons. The zero-order valence-corrected chi connectivity index (χ0v) is 14.3. The minimum absolute atomic E-state index is 0.0406. The van der Waals surface area contributed by atoms with Gasteiger partial charge in [0.05, 0.1) is 32.2 Å². The Morgan fingerprint density at radius 1 is 0.840 bits per heavy atom. The Kier molecular flexibility index (Phi) is 5.69. The Balaban J connectivity index is 1.64. The minimum Gasteiger partial charge on any atom is -0.468 e. The first-order valence-corrected chi connectivity index (χ1v) is 8.26. The molecular formula is C20H22N2O3. The van der Waals surface area contributed by atoms with Gasteiger partial charge in [0, 0.05) is 13.6 Å². The van der Waals surface area contributed by atoms with Gasteiger partial charge in [0.15, 0.2) is 0 Å². The fraction of sp³-hybridized carbons (Fsp3) is 0.250. The molecular weight excluding hydrogens is 316 g/mol. The van der Waals surface area contributed by atoms with E-state index in [2.05, 4.69) is 17.0 Å². The van der Waals surface area contributed by atoms with Crippen LogP contribution in [0.3, 0.4) is 0 Å². The molecule has 0 spiro atoms. The quantitative estimate of drug-likeness (QED) is 0.630. The van der Waals surface area contributed by atoms with Crippen LogP contribution >= 0.6 is 0 Å². The van der Waals surface area contributed by atoms with Gasteiger partial charge in [-0.25, -0.2) is 0 Å². The molecule has 3 aromatic rings. The summed E-state index contributed by atoms with van der Waals surface area (Å²) >= 11 is 0. The van der Waals surface area contributed by atoms with Crippen molar-refractivity contribution in [1.29, 1.82) is 0 Å². The van der Waals surface area contributed by atoms with Crippen molar-refractivity contribution in [3.8, 4) is 0 Å².